The maximum atomic E-state index is 5.55. The average molecular weight is 230 g/mol. The van der Waals surface area contributed by atoms with E-state index in [1.165, 1.54) is 43.6 Å². The molecule has 0 unspecified atom stereocenters. The van der Waals surface area contributed by atoms with Crippen molar-refractivity contribution in [3.63, 3.8) is 0 Å². The summed E-state index contributed by atoms with van der Waals surface area (Å²) >= 11 is 0. The van der Waals surface area contributed by atoms with Gasteiger partial charge in [-0.3, -0.25) is 4.90 Å². The molecule has 1 aliphatic heterocycles. The number of nitrogens with one attached hydrogen (secondary N) is 1. The van der Waals surface area contributed by atoms with Gasteiger partial charge >= 0.3 is 0 Å². The smallest absolute Gasteiger partial charge is 0.0914 e. The number of rotatable bonds is 7. The molecular formula is C12H28N3O+. The maximum Gasteiger partial charge on any atom is 0.0914 e. The Labute approximate surface area is 100 Å². The molecule has 1 aliphatic rings. The van der Waals surface area contributed by atoms with E-state index in [2.05, 4.69) is 24.3 Å². The first-order valence-electron chi connectivity index (χ1n) is 6.41. The summed E-state index contributed by atoms with van der Waals surface area (Å²) in [6, 6.07) is 0. The molecular weight excluding hydrogens is 202 g/mol. The molecule has 1 saturated heterocycles. The van der Waals surface area contributed by atoms with E-state index in [0.717, 1.165) is 19.8 Å². The maximum absolute atomic E-state index is 5.55. The second-order valence-corrected chi connectivity index (χ2v) is 5.16. The Morgan fingerprint density at radius 1 is 1.25 bits per heavy atom. The minimum Gasteiger partial charge on any atom is -0.380 e. The van der Waals surface area contributed by atoms with Gasteiger partial charge in [-0.15, -0.1) is 0 Å². The van der Waals surface area contributed by atoms with Crippen LogP contribution in [0.25, 0.3) is 0 Å². The van der Waals surface area contributed by atoms with Crippen LogP contribution in [0.15, 0.2) is 0 Å². The lowest BCUT2D eigenvalue weighted by Gasteiger charge is -2.41. The Hall–Kier alpha value is -0.160. The first-order valence-corrected chi connectivity index (χ1v) is 6.41. The predicted octanol–water partition coefficient (Wildman–Crippen LogP) is 0.00450. The zero-order valence-electron chi connectivity index (χ0n) is 11.2. The highest BCUT2D eigenvalue weighted by atomic mass is 16.5. The van der Waals surface area contributed by atoms with Crippen LogP contribution in [-0.2, 0) is 4.74 Å². The van der Waals surface area contributed by atoms with Crippen molar-refractivity contribution in [1.82, 2.24) is 10.2 Å². The van der Waals surface area contributed by atoms with E-state index in [4.69, 9.17) is 4.74 Å². The van der Waals surface area contributed by atoms with Crippen molar-refractivity contribution in [3.8, 4) is 0 Å². The van der Waals surface area contributed by atoms with Gasteiger partial charge in [-0.25, -0.2) is 0 Å². The molecule has 1 N–H and O–H groups in total. The van der Waals surface area contributed by atoms with E-state index < -0.39 is 0 Å². The minimum atomic E-state index is 0.836. The third-order valence-corrected chi connectivity index (χ3v) is 3.53. The Morgan fingerprint density at radius 2 is 1.94 bits per heavy atom. The van der Waals surface area contributed by atoms with Crippen molar-refractivity contribution < 1.29 is 9.22 Å². The first kappa shape index (κ1) is 13.9. The van der Waals surface area contributed by atoms with Crippen LogP contribution in [0.3, 0.4) is 0 Å². The van der Waals surface area contributed by atoms with Crippen LogP contribution in [0.5, 0.6) is 0 Å². The summed E-state index contributed by atoms with van der Waals surface area (Å²) in [5, 5.41) is 3.09. The first-order chi connectivity index (χ1) is 7.66. The van der Waals surface area contributed by atoms with Crippen LogP contribution in [-0.4, -0.2) is 83.0 Å². The number of quaternary nitrogens is 1. The number of hydrogen-bond acceptors (Lipinski definition) is 3. The van der Waals surface area contributed by atoms with Crippen molar-refractivity contribution in [2.24, 2.45) is 0 Å². The molecule has 1 rings (SSSR count). The molecule has 96 valence electrons. The second kappa shape index (κ2) is 7.22. The summed E-state index contributed by atoms with van der Waals surface area (Å²) in [6.07, 6.45) is 1.18. The SMILES string of the molecule is CNCCOCCC[N+]1(C)CCN(C)CC1. The molecule has 0 amide bonds. The fourth-order valence-electron chi connectivity index (χ4n) is 2.10. The molecule has 1 fully saturated rings. The summed E-state index contributed by atoms with van der Waals surface area (Å²) in [4.78, 5) is 2.42. The Bertz CT molecular complexity index is 179. The highest BCUT2D eigenvalue weighted by Crippen LogP contribution is 2.09. The topological polar surface area (TPSA) is 24.5 Å². The summed E-state index contributed by atoms with van der Waals surface area (Å²) in [7, 11) is 6.55. The summed E-state index contributed by atoms with van der Waals surface area (Å²) < 4.78 is 6.77. The van der Waals surface area contributed by atoms with Crippen molar-refractivity contribution >= 4 is 0 Å². The van der Waals surface area contributed by atoms with E-state index in [9.17, 15) is 0 Å². The van der Waals surface area contributed by atoms with E-state index in [1.807, 2.05) is 7.05 Å². The van der Waals surface area contributed by atoms with Crippen LogP contribution >= 0.6 is 0 Å². The van der Waals surface area contributed by atoms with Crippen LogP contribution < -0.4 is 5.32 Å². The molecule has 4 nitrogen and oxygen atoms in total. The van der Waals surface area contributed by atoms with Crippen molar-refractivity contribution in [3.05, 3.63) is 0 Å². The zero-order chi connectivity index (χ0) is 11.9. The Morgan fingerprint density at radius 3 is 2.56 bits per heavy atom. The molecule has 0 spiro atoms. The van der Waals surface area contributed by atoms with Gasteiger partial charge in [0, 0.05) is 26.1 Å². The van der Waals surface area contributed by atoms with Gasteiger partial charge in [-0.1, -0.05) is 0 Å². The van der Waals surface area contributed by atoms with E-state index in [0.29, 0.717) is 0 Å². The lowest BCUT2D eigenvalue weighted by atomic mass is 10.2. The third-order valence-electron chi connectivity index (χ3n) is 3.53. The minimum absolute atomic E-state index is 0.836. The highest BCUT2D eigenvalue weighted by molar-refractivity contribution is 4.58. The number of nitrogens with zero attached hydrogens (tertiary/aromatic N) is 2. The molecule has 0 saturated carbocycles. The molecule has 16 heavy (non-hydrogen) atoms. The Kier molecular flexibility index (Phi) is 6.28. The van der Waals surface area contributed by atoms with Gasteiger partial charge in [0.05, 0.1) is 39.9 Å². The fraction of sp³-hybridized carbons (Fsp3) is 1.00. The van der Waals surface area contributed by atoms with Crippen molar-refractivity contribution in [1.29, 1.82) is 0 Å². The quantitative estimate of drug-likeness (QED) is 0.492. The largest absolute Gasteiger partial charge is 0.380 e. The van der Waals surface area contributed by atoms with Crippen LogP contribution in [0.1, 0.15) is 6.42 Å². The van der Waals surface area contributed by atoms with Gasteiger partial charge in [0.1, 0.15) is 0 Å². The second-order valence-electron chi connectivity index (χ2n) is 5.16. The molecule has 0 aromatic heterocycles. The van der Waals surface area contributed by atoms with Gasteiger partial charge in [0.25, 0.3) is 0 Å². The normalized spacial score (nSPS) is 21.2. The van der Waals surface area contributed by atoms with Crippen molar-refractivity contribution in [2.45, 2.75) is 6.42 Å². The van der Waals surface area contributed by atoms with E-state index >= 15 is 0 Å². The average Bonchev–Trinajstić information content (AvgIpc) is 2.28. The number of piperazine rings is 1. The van der Waals surface area contributed by atoms with E-state index in [-0.39, 0.29) is 0 Å². The van der Waals surface area contributed by atoms with Crippen molar-refractivity contribution in [2.75, 3.05) is 73.6 Å². The molecule has 0 aromatic rings. The lowest BCUT2D eigenvalue weighted by molar-refractivity contribution is -0.913. The standard InChI is InChI=1S/C12H28N3O/c1-13-5-12-16-11-4-8-15(3)9-6-14(2)7-10-15/h13H,4-12H2,1-3H3/q+1. The molecule has 1 heterocycles. The van der Waals surface area contributed by atoms with Gasteiger partial charge < -0.3 is 14.5 Å². The fourth-order valence-corrected chi connectivity index (χ4v) is 2.10. The zero-order valence-corrected chi connectivity index (χ0v) is 11.2. The summed E-state index contributed by atoms with van der Waals surface area (Å²) in [5.74, 6) is 0. The van der Waals surface area contributed by atoms with E-state index in [1.54, 1.807) is 0 Å². The molecule has 0 radical (unpaired) electrons. The highest BCUT2D eigenvalue weighted by Gasteiger charge is 2.26. The molecule has 0 atom stereocenters. The summed E-state index contributed by atoms with van der Waals surface area (Å²) in [6.45, 7) is 8.99. The molecule has 0 aliphatic carbocycles. The Balaban J connectivity index is 2.03. The lowest BCUT2D eigenvalue weighted by Crippen LogP contribution is -2.56. The van der Waals surface area contributed by atoms with Gasteiger partial charge in [-0.05, 0) is 14.1 Å². The summed E-state index contributed by atoms with van der Waals surface area (Å²) in [5.41, 5.74) is 0. The van der Waals surface area contributed by atoms with Gasteiger partial charge in [0.15, 0.2) is 0 Å². The number of ether oxygens (including phenoxy) is 1. The molecule has 4 heteroatoms. The van der Waals surface area contributed by atoms with Gasteiger partial charge in [0.2, 0.25) is 0 Å². The molecule has 0 bridgehead atoms. The number of hydrogen-bond donors (Lipinski definition) is 1. The monoisotopic (exact) mass is 230 g/mol. The molecule has 0 aromatic carbocycles. The third kappa shape index (κ3) is 5.25. The van der Waals surface area contributed by atoms with Crippen LogP contribution in [0.2, 0.25) is 0 Å². The van der Waals surface area contributed by atoms with Crippen LogP contribution in [0.4, 0.5) is 0 Å². The predicted molar refractivity (Wildman–Crippen MR) is 67.6 cm³/mol. The number of likely N-dealkylation sites (N-methyl/N-ethyl adjacent to an activating group) is 3. The van der Waals surface area contributed by atoms with Crippen LogP contribution in [0, 0.1) is 0 Å². The van der Waals surface area contributed by atoms with Gasteiger partial charge in [-0.2, -0.15) is 0 Å².